The third-order valence-electron chi connectivity index (χ3n) is 1.43. The molecule has 0 saturated heterocycles. The Kier molecular flexibility index (Phi) is 3.57. The highest BCUT2D eigenvalue weighted by Gasteiger charge is 2.08. The van der Waals surface area contributed by atoms with Crippen molar-refractivity contribution in [2.75, 3.05) is 5.75 Å². The Morgan fingerprint density at radius 3 is 2.77 bits per heavy atom. The number of thioether (sulfide) groups is 1. The minimum atomic E-state index is -0.452. The molecule has 0 N–H and O–H groups in total. The van der Waals surface area contributed by atoms with Gasteiger partial charge in [0.15, 0.2) is 0 Å². The van der Waals surface area contributed by atoms with Crippen LogP contribution in [0.2, 0.25) is 5.02 Å². The molecule has 13 heavy (non-hydrogen) atoms. The number of nitro benzene ring substituents is 1. The van der Waals surface area contributed by atoms with E-state index in [-0.39, 0.29) is 5.69 Å². The van der Waals surface area contributed by atoms with Crippen molar-refractivity contribution in [1.82, 2.24) is 0 Å². The normalized spacial score (nSPS) is 10.0. The average Bonchev–Trinajstić information content (AvgIpc) is 2.08. The van der Waals surface area contributed by atoms with Crippen LogP contribution in [0.5, 0.6) is 0 Å². The number of hydrogen-bond acceptors (Lipinski definition) is 3. The topological polar surface area (TPSA) is 43.1 Å². The van der Waals surface area contributed by atoms with Crippen LogP contribution in [0.4, 0.5) is 5.69 Å². The van der Waals surface area contributed by atoms with Crippen molar-refractivity contribution in [1.29, 1.82) is 0 Å². The van der Waals surface area contributed by atoms with E-state index in [0.717, 1.165) is 10.6 Å². The zero-order valence-corrected chi connectivity index (χ0v) is 8.56. The molecule has 70 valence electrons. The number of nitrogens with zero attached hydrogens (tertiary/aromatic N) is 1. The van der Waals surface area contributed by atoms with Gasteiger partial charge >= 0.3 is 0 Å². The highest BCUT2D eigenvalue weighted by molar-refractivity contribution is 7.99. The van der Waals surface area contributed by atoms with Gasteiger partial charge in [-0.1, -0.05) is 18.5 Å². The Hall–Kier alpha value is -0.740. The Bertz CT molecular complexity index is 330. The predicted molar refractivity (Wildman–Crippen MR) is 54.5 cm³/mol. The first-order valence-electron chi connectivity index (χ1n) is 3.72. The van der Waals surface area contributed by atoms with E-state index in [9.17, 15) is 10.1 Å². The molecule has 5 heteroatoms. The van der Waals surface area contributed by atoms with Gasteiger partial charge < -0.3 is 0 Å². The first kappa shape index (κ1) is 10.3. The summed E-state index contributed by atoms with van der Waals surface area (Å²) < 4.78 is 0. The SMILES string of the molecule is CCSc1ccc([N+](=O)[O-])cc1Cl. The molecule has 0 saturated carbocycles. The summed E-state index contributed by atoms with van der Waals surface area (Å²) in [7, 11) is 0. The van der Waals surface area contributed by atoms with E-state index in [0.29, 0.717) is 5.02 Å². The lowest BCUT2D eigenvalue weighted by atomic mass is 10.3. The van der Waals surface area contributed by atoms with Crippen LogP contribution in [0.1, 0.15) is 6.92 Å². The molecule has 0 radical (unpaired) electrons. The van der Waals surface area contributed by atoms with E-state index in [2.05, 4.69) is 0 Å². The maximum Gasteiger partial charge on any atom is 0.270 e. The largest absolute Gasteiger partial charge is 0.270 e. The number of benzene rings is 1. The number of nitro groups is 1. The summed E-state index contributed by atoms with van der Waals surface area (Å²) in [4.78, 5) is 10.8. The number of halogens is 1. The monoisotopic (exact) mass is 217 g/mol. The smallest absolute Gasteiger partial charge is 0.258 e. The van der Waals surface area contributed by atoms with Gasteiger partial charge in [-0.25, -0.2) is 0 Å². The van der Waals surface area contributed by atoms with Gasteiger partial charge in [0.2, 0.25) is 0 Å². The molecule has 1 aromatic rings. The van der Waals surface area contributed by atoms with Crippen LogP contribution in [0, 0.1) is 10.1 Å². The summed E-state index contributed by atoms with van der Waals surface area (Å²) in [6, 6.07) is 4.51. The van der Waals surface area contributed by atoms with Gasteiger partial charge in [0.25, 0.3) is 5.69 Å². The molecule has 3 nitrogen and oxygen atoms in total. The molecular formula is C8H8ClNO2S. The molecule has 0 amide bonds. The van der Waals surface area contributed by atoms with E-state index in [1.807, 2.05) is 6.92 Å². The molecule has 0 heterocycles. The Morgan fingerprint density at radius 2 is 2.31 bits per heavy atom. The van der Waals surface area contributed by atoms with Crippen molar-refractivity contribution < 1.29 is 4.92 Å². The van der Waals surface area contributed by atoms with Crippen LogP contribution in [0.3, 0.4) is 0 Å². The number of rotatable bonds is 3. The summed E-state index contributed by atoms with van der Waals surface area (Å²) in [5.74, 6) is 0.900. The first-order chi connectivity index (χ1) is 6.15. The van der Waals surface area contributed by atoms with Crippen molar-refractivity contribution in [2.45, 2.75) is 11.8 Å². The quantitative estimate of drug-likeness (QED) is 0.443. The molecule has 0 aliphatic carbocycles. The van der Waals surface area contributed by atoms with Gasteiger partial charge in [-0.3, -0.25) is 10.1 Å². The lowest BCUT2D eigenvalue weighted by Gasteiger charge is -2.00. The van der Waals surface area contributed by atoms with Crippen LogP contribution in [-0.2, 0) is 0 Å². The standard InChI is InChI=1S/C8H8ClNO2S/c1-2-13-8-4-3-6(10(11)12)5-7(8)9/h3-5H,2H2,1H3. The van der Waals surface area contributed by atoms with Crippen molar-refractivity contribution >= 4 is 29.1 Å². The minimum Gasteiger partial charge on any atom is -0.258 e. The van der Waals surface area contributed by atoms with Crippen molar-refractivity contribution in [2.24, 2.45) is 0 Å². The Morgan fingerprint density at radius 1 is 1.62 bits per heavy atom. The van der Waals surface area contributed by atoms with Crippen LogP contribution < -0.4 is 0 Å². The molecule has 1 aromatic carbocycles. The van der Waals surface area contributed by atoms with Crippen LogP contribution in [-0.4, -0.2) is 10.7 Å². The second-order valence-corrected chi connectivity index (χ2v) is 4.02. The summed E-state index contributed by atoms with van der Waals surface area (Å²) in [5.41, 5.74) is 0.0328. The maximum absolute atomic E-state index is 10.4. The fourth-order valence-corrected chi connectivity index (χ4v) is 1.89. The van der Waals surface area contributed by atoms with Crippen LogP contribution in [0.15, 0.2) is 23.1 Å². The molecular weight excluding hydrogens is 210 g/mol. The Labute approximate surface area is 85.2 Å². The summed E-state index contributed by atoms with van der Waals surface area (Å²) in [6.45, 7) is 2.00. The van der Waals surface area contributed by atoms with Crippen molar-refractivity contribution in [3.8, 4) is 0 Å². The fraction of sp³-hybridized carbons (Fsp3) is 0.250. The summed E-state index contributed by atoms with van der Waals surface area (Å²) in [6.07, 6.45) is 0. The van der Waals surface area contributed by atoms with Crippen molar-refractivity contribution in [3.63, 3.8) is 0 Å². The van der Waals surface area contributed by atoms with Gasteiger partial charge in [0.05, 0.1) is 9.95 Å². The number of hydrogen-bond donors (Lipinski definition) is 0. The molecule has 0 aromatic heterocycles. The molecule has 0 aliphatic rings. The third kappa shape index (κ3) is 2.60. The second-order valence-electron chi connectivity index (χ2n) is 2.30. The second kappa shape index (κ2) is 4.48. The van der Waals surface area contributed by atoms with E-state index < -0.39 is 4.92 Å². The van der Waals surface area contributed by atoms with Crippen LogP contribution >= 0.6 is 23.4 Å². The van der Waals surface area contributed by atoms with E-state index in [4.69, 9.17) is 11.6 Å². The predicted octanol–water partition coefficient (Wildman–Crippen LogP) is 3.36. The zero-order chi connectivity index (χ0) is 9.84. The van der Waals surface area contributed by atoms with Gasteiger partial charge in [-0.15, -0.1) is 11.8 Å². The molecule has 0 bridgehead atoms. The third-order valence-corrected chi connectivity index (χ3v) is 2.81. The first-order valence-corrected chi connectivity index (χ1v) is 5.08. The molecule has 0 aliphatic heterocycles. The lowest BCUT2D eigenvalue weighted by molar-refractivity contribution is -0.384. The van der Waals surface area contributed by atoms with E-state index in [1.54, 1.807) is 17.8 Å². The minimum absolute atomic E-state index is 0.0328. The molecule has 0 unspecified atom stereocenters. The van der Waals surface area contributed by atoms with Gasteiger partial charge in [-0.05, 0) is 11.8 Å². The molecule has 1 rings (SSSR count). The highest BCUT2D eigenvalue weighted by atomic mass is 35.5. The average molecular weight is 218 g/mol. The van der Waals surface area contributed by atoms with Gasteiger partial charge in [0.1, 0.15) is 0 Å². The lowest BCUT2D eigenvalue weighted by Crippen LogP contribution is -1.87. The molecule has 0 fully saturated rings. The van der Waals surface area contributed by atoms with Gasteiger partial charge in [0, 0.05) is 17.0 Å². The maximum atomic E-state index is 10.4. The van der Waals surface area contributed by atoms with Gasteiger partial charge in [-0.2, -0.15) is 0 Å². The fourth-order valence-electron chi connectivity index (χ4n) is 0.876. The number of non-ortho nitro benzene ring substituents is 1. The van der Waals surface area contributed by atoms with E-state index >= 15 is 0 Å². The van der Waals surface area contributed by atoms with Crippen molar-refractivity contribution in [3.05, 3.63) is 33.3 Å². The summed E-state index contributed by atoms with van der Waals surface area (Å²) in [5, 5.41) is 10.8. The van der Waals surface area contributed by atoms with Crippen LogP contribution in [0.25, 0.3) is 0 Å². The Balaban J connectivity index is 2.98. The van der Waals surface area contributed by atoms with E-state index in [1.165, 1.54) is 12.1 Å². The molecule has 0 atom stereocenters. The molecule has 0 spiro atoms. The summed E-state index contributed by atoms with van der Waals surface area (Å²) >= 11 is 7.39. The zero-order valence-electron chi connectivity index (χ0n) is 6.99. The highest BCUT2D eigenvalue weighted by Crippen LogP contribution is 2.29.